The van der Waals surface area contributed by atoms with Gasteiger partial charge in [0.05, 0.1) is 17.3 Å². The van der Waals surface area contributed by atoms with E-state index < -0.39 is 0 Å². The fourth-order valence-electron chi connectivity index (χ4n) is 2.99. The summed E-state index contributed by atoms with van der Waals surface area (Å²) < 4.78 is 4.83. The monoisotopic (exact) mass is 446 g/mol. The summed E-state index contributed by atoms with van der Waals surface area (Å²) in [6, 6.07) is 26.7. The fourth-order valence-corrected chi connectivity index (χ4v) is 3.87. The molecule has 3 aromatic carbocycles. The predicted molar refractivity (Wildman–Crippen MR) is 124 cm³/mol. The van der Waals surface area contributed by atoms with E-state index >= 15 is 0 Å². The zero-order valence-corrected chi connectivity index (χ0v) is 17.9. The van der Waals surface area contributed by atoms with Crippen molar-refractivity contribution in [3.63, 3.8) is 0 Å². The Morgan fingerprint density at radius 1 is 0.800 bits per heavy atom. The average Bonchev–Trinajstić information content (AvgIpc) is 2.79. The third kappa shape index (κ3) is 4.60. The Morgan fingerprint density at radius 2 is 1.37 bits per heavy atom. The van der Waals surface area contributed by atoms with E-state index in [0.717, 1.165) is 33.0 Å². The number of benzene rings is 3. The second-order valence-electron chi connectivity index (χ2n) is 6.40. The summed E-state index contributed by atoms with van der Waals surface area (Å²) in [6.45, 7) is 0. The molecule has 1 aromatic heterocycles. The van der Waals surface area contributed by atoms with Crippen molar-refractivity contribution >= 4 is 40.8 Å². The summed E-state index contributed by atoms with van der Waals surface area (Å²) in [5, 5.41) is 11.7. The summed E-state index contributed by atoms with van der Waals surface area (Å²) in [5.74, 6) is 0. The highest BCUT2D eigenvalue weighted by molar-refractivity contribution is 7.97. The van der Waals surface area contributed by atoms with Crippen molar-refractivity contribution in [2.45, 2.75) is 5.03 Å². The number of hydrogen-bond donors (Lipinski definition) is 0. The lowest BCUT2D eigenvalue weighted by Gasteiger charge is -2.16. The number of nitrogens with zero attached hydrogens (tertiary/aromatic N) is 3. The number of halogens is 2. The van der Waals surface area contributed by atoms with Crippen LogP contribution >= 0.6 is 35.1 Å². The summed E-state index contributed by atoms with van der Waals surface area (Å²) in [6.07, 6.45) is 1.73. The van der Waals surface area contributed by atoms with E-state index in [0.29, 0.717) is 15.6 Å². The topological polar surface area (TPSA) is 50.8 Å². The van der Waals surface area contributed by atoms with Crippen molar-refractivity contribution in [3.8, 4) is 28.3 Å². The second-order valence-corrected chi connectivity index (χ2v) is 8.05. The Labute approximate surface area is 189 Å². The molecular formula is C24H14Cl2N3S. The Kier molecular flexibility index (Phi) is 6.25. The Bertz CT molecular complexity index is 1140. The van der Waals surface area contributed by atoms with Gasteiger partial charge in [0.25, 0.3) is 0 Å². The fraction of sp³-hybridized carbons (Fsp3) is 0. The molecule has 6 heteroatoms. The zero-order chi connectivity index (χ0) is 20.9. The van der Waals surface area contributed by atoms with Crippen LogP contribution in [0.2, 0.25) is 10.0 Å². The molecule has 0 aliphatic rings. The molecule has 0 aliphatic carbocycles. The van der Waals surface area contributed by atoms with Gasteiger partial charge in [-0.15, -0.1) is 0 Å². The first-order valence-corrected chi connectivity index (χ1v) is 10.6. The molecular weight excluding hydrogens is 433 g/mol. The molecule has 4 rings (SSSR count). The molecule has 1 heterocycles. The lowest BCUT2D eigenvalue weighted by Crippen LogP contribution is -1.96. The molecule has 0 saturated heterocycles. The van der Waals surface area contributed by atoms with Crippen molar-refractivity contribution in [2.24, 2.45) is 0 Å². The lowest BCUT2D eigenvalue weighted by atomic mass is 9.94. The van der Waals surface area contributed by atoms with Crippen LogP contribution in [0.1, 0.15) is 5.56 Å². The van der Waals surface area contributed by atoms with Crippen molar-refractivity contribution in [2.75, 3.05) is 0 Å². The molecule has 145 valence electrons. The molecule has 0 amide bonds. The minimum Gasteiger partial charge on any atom is -0.248 e. The first-order valence-electron chi connectivity index (χ1n) is 9.03. The van der Waals surface area contributed by atoms with Gasteiger partial charge in [-0.2, -0.15) is 5.26 Å². The molecule has 0 saturated carbocycles. The molecule has 0 bridgehead atoms. The van der Waals surface area contributed by atoms with Gasteiger partial charge in [0.1, 0.15) is 5.03 Å². The predicted octanol–water partition coefficient (Wildman–Crippen LogP) is 7.54. The van der Waals surface area contributed by atoms with Crippen molar-refractivity contribution in [3.05, 3.63) is 101 Å². The Morgan fingerprint density at radius 3 is 1.83 bits per heavy atom. The van der Waals surface area contributed by atoms with Gasteiger partial charge in [-0.3, -0.25) is 0 Å². The number of nitriles is 1. The van der Waals surface area contributed by atoms with E-state index in [2.05, 4.69) is 11.1 Å². The first-order chi connectivity index (χ1) is 14.6. The Balaban J connectivity index is 1.88. The van der Waals surface area contributed by atoms with Crippen LogP contribution in [0.5, 0.6) is 0 Å². The SMILES string of the molecule is N#Cc1cc(-c2ccc(Cl)cc2)c([N]Sc2ccccn2)c(-c2ccc(Cl)cc2)c1. The molecule has 0 aliphatic heterocycles. The normalized spacial score (nSPS) is 10.4. The van der Waals surface area contributed by atoms with Crippen LogP contribution in [0.4, 0.5) is 5.69 Å². The molecule has 0 fully saturated rings. The molecule has 0 atom stereocenters. The minimum atomic E-state index is 0.548. The van der Waals surface area contributed by atoms with Crippen LogP contribution in [-0.2, 0) is 0 Å². The molecule has 1 radical (unpaired) electrons. The molecule has 30 heavy (non-hydrogen) atoms. The lowest BCUT2D eigenvalue weighted by molar-refractivity contribution is 1.12. The van der Waals surface area contributed by atoms with Crippen LogP contribution < -0.4 is 4.72 Å². The number of aromatic nitrogens is 1. The van der Waals surface area contributed by atoms with Gasteiger partial charge in [0, 0.05) is 39.3 Å². The molecule has 0 spiro atoms. The number of hydrogen-bond acceptors (Lipinski definition) is 3. The zero-order valence-electron chi connectivity index (χ0n) is 15.6. The van der Waals surface area contributed by atoms with Gasteiger partial charge in [0.15, 0.2) is 0 Å². The number of pyridine rings is 1. The second kappa shape index (κ2) is 9.23. The largest absolute Gasteiger partial charge is 0.248 e. The van der Waals surface area contributed by atoms with E-state index in [1.165, 1.54) is 11.9 Å². The van der Waals surface area contributed by atoms with E-state index in [9.17, 15) is 5.26 Å². The maximum atomic E-state index is 9.63. The highest BCUT2D eigenvalue weighted by Gasteiger charge is 2.17. The van der Waals surface area contributed by atoms with Gasteiger partial charge >= 0.3 is 0 Å². The summed E-state index contributed by atoms with van der Waals surface area (Å²) in [5.41, 5.74) is 4.85. The first kappa shape index (κ1) is 20.3. The summed E-state index contributed by atoms with van der Waals surface area (Å²) in [7, 11) is 0. The minimum absolute atomic E-state index is 0.548. The van der Waals surface area contributed by atoms with Crippen LogP contribution in [0.25, 0.3) is 22.3 Å². The van der Waals surface area contributed by atoms with E-state index in [4.69, 9.17) is 27.9 Å². The van der Waals surface area contributed by atoms with Crippen LogP contribution in [0, 0.1) is 11.3 Å². The van der Waals surface area contributed by atoms with Crippen molar-refractivity contribution in [1.82, 2.24) is 9.71 Å². The van der Waals surface area contributed by atoms with Gasteiger partial charge in [0.2, 0.25) is 0 Å². The van der Waals surface area contributed by atoms with Gasteiger partial charge in [-0.05, 0) is 59.7 Å². The number of rotatable bonds is 5. The standard InChI is InChI=1S/C24H14Cl2N3S/c25-19-8-4-17(5-9-19)21-13-16(15-27)14-22(18-6-10-20(26)11-7-18)24(21)29-30-23-3-1-2-12-28-23/h1-14H. The third-order valence-corrected chi connectivity index (χ3v) is 5.62. The third-order valence-electron chi connectivity index (χ3n) is 4.42. The Hall–Kier alpha value is -2.97. The van der Waals surface area contributed by atoms with Gasteiger partial charge < -0.3 is 0 Å². The molecule has 4 aromatic rings. The maximum Gasteiger partial charge on any atom is 0.119 e. The van der Waals surface area contributed by atoms with Crippen molar-refractivity contribution < 1.29 is 0 Å². The maximum absolute atomic E-state index is 9.63. The van der Waals surface area contributed by atoms with E-state index in [1.54, 1.807) is 6.20 Å². The van der Waals surface area contributed by atoms with Gasteiger partial charge in [-0.25, -0.2) is 9.71 Å². The van der Waals surface area contributed by atoms with Crippen LogP contribution in [-0.4, -0.2) is 4.98 Å². The highest BCUT2D eigenvalue weighted by Crippen LogP contribution is 2.41. The van der Waals surface area contributed by atoms with E-state index in [1.807, 2.05) is 78.9 Å². The average molecular weight is 447 g/mol. The van der Waals surface area contributed by atoms with E-state index in [-0.39, 0.29) is 0 Å². The molecule has 0 unspecified atom stereocenters. The molecule has 0 N–H and O–H groups in total. The quantitative estimate of drug-likeness (QED) is 0.297. The summed E-state index contributed by atoms with van der Waals surface area (Å²) in [4.78, 5) is 4.34. The van der Waals surface area contributed by atoms with Crippen LogP contribution in [0.3, 0.4) is 0 Å². The smallest absolute Gasteiger partial charge is 0.119 e. The van der Waals surface area contributed by atoms with Gasteiger partial charge in [-0.1, -0.05) is 53.5 Å². The van der Waals surface area contributed by atoms with Crippen LogP contribution in [0.15, 0.2) is 90.1 Å². The summed E-state index contributed by atoms with van der Waals surface area (Å²) >= 11 is 13.4. The molecule has 3 nitrogen and oxygen atoms in total. The van der Waals surface area contributed by atoms with Crippen molar-refractivity contribution in [1.29, 1.82) is 5.26 Å². The highest BCUT2D eigenvalue weighted by atomic mass is 35.5.